The summed E-state index contributed by atoms with van der Waals surface area (Å²) in [7, 11) is 1.42. The van der Waals surface area contributed by atoms with Crippen molar-refractivity contribution in [1.82, 2.24) is 52.3 Å². The van der Waals surface area contributed by atoms with Gasteiger partial charge in [-0.3, -0.25) is 57.7 Å². The molecular weight excluding hydrogens is 1040 g/mol. The molecule has 1 aliphatic rings. The molecule has 0 spiro atoms. The van der Waals surface area contributed by atoms with E-state index in [2.05, 4.69) is 47.5 Å². The second-order valence-electron chi connectivity index (χ2n) is 21.0. The SMILES string of the molecule is CCCC(CCC)C(=O)O.CCC[C@H](NC(=O)[C@@H](NC(=O)[C@H](NC(=O)[C@@H](NC(=O)CNC(=O)CN(C)C(C)=O)C(C)C)[C@@H](C)CC)[C@@H](C)O)C(=O)N[C@H](C(=O)N[C@@H](CCCN=C(N)N)C(=O)N1CCC[C@H]1C(=O)NCC)[C@@H](C)CC. The molecule has 1 saturated heterocycles. The molecule has 26 nitrogen and oxygen atoms in total. The standard InChI is InChI=1S/C46H83N13O11.C8H16O2/c1-12-18-30(39(64)55-36(26(7)13-2)42(67)53-31(19-16-21-50-46(47)48)45(70)59-22-17-20-32(59)40(65)49-15-4)52-44(69)38(28(9)60)57-43(68)37(27(8)14-3)56-41(66)35(25(5)6)54-33(62)23-51-34(63)24-58(11)29(10)61;1-3-5-7(6-4-2)8(9)10/h25-28,30-32,35-38,60H,12-24H2,1-11H3,(H,49,65)(H,51,63)(H,52,69)(H,53,67)(H,54,62)(H,55,64)(H,56,66)(H,57,68)(H4,47,48,50);7H,3-6H2,1-2H3,(H,9,10)/t26-,27-,28+,30-,31-,32-,35-,36-,37+,38-;/m0./s1. The van der Waals surface area contributed by atoms with E-state index in [-0.39, 0.29) is 49.6 Å². The van der Waals surface area contributed by atoms with Crippen LogP contribution in [0.25, 0.3) is 0 Å². The van der Waals surface area contributed by atoms with Gasteiger partial charge in [0.15, 0.2) is 5.96 Å². The van der Waals surface area contributed by atoms with E-state index in [1.807, 2.05) is 20.8 Å². The van der Waals surface area contributed by atoms with E-state index in [1.165, 1.54) is 25.8 Å². The second kappa shape index (κ2) is 38.9. The molecule has 14 N–H and O–H groups in total. The molecule has 1 heterocycles. The average molecular weight is 1140 g/mol. The van der Waals surface area contributed by atoms with Gasteiger partial charge in [0.2, 0.25) is 59.1 Å². The average Bonchev–Trinajstić information content (AvgIpc) is 3.90. The molecule has 0 aliphatic carbocycles. The largest absolute Gasteiger partial charge is 0.481 e. The second-order valence-corrected chi connectivity index (χ2v) is 21.0. The van der Waals surface area contributed by atoms with Crippen LogP contribution >= 0.6 is 0 Å². The van der Waals surface area contributed by atoms with E-state index in [1.54, 1.807) is 48.5 Å². The number of nitrogens with zero attached hydrogens (tertiary/aromatic N) is 3. The number of carboxylic acid groups (broad SMARTS) is 1. The minimum Gasteiger partial charge on any atom is -0.481 e. The number of aliphatic imine (C=N–C) groups is 1. The molecular formula is C54H99N13O13. The van der Waals surface area contributed by atoms with E-state index >= 15 is 0 Å². The van der Waals surface area contributed by atoms with Gasteiger partial charge in [-0.15, -0.1) is 0 Å². The number of hydrogen-bond acceptors (Lipinski definition) is 13. The van der Waals surface area contributed by atoms with Crippen molar-refractivity contribution in [3.05, 3.63) is 0 Å². The number of guanidine groups is 1. The highest BCUT2D eigenvalue weighted by atomic mass is 16.4. The summed E-state index contributed by atoms with van der Waals surface area (Å²) in [4.78, 5) is 150. The van der Waals surface area contributed by atoms with Crippen LogP contribution in [0.4, 0.5) is 0 Å². The number of aliphatic hydroxyl groups excluding tert-OH is 1. The predicted octanol–water partition coefficient (Wildman–Crippen LogP) is -0.113. The Labute approximate surface area is 473 Å². The molecule has 0 saturated carbocycles. The maximum absolute atomic E-state index is 14.2. The number of nitrogens with one attached hydrogen (secondary N) is 8. The van der Waals surface area contributed by atoms with Gasteiger partial charge >= 0.3 is 5.97 Å². The van der Waals surface area contributed by atoms with Crippen molar-refractivity contribution in [1.29, 1.82) is 0 Å². The van der Waals surface area contributed by atoms with Crippen LogP contribution in [-0.2, 0) is 52.7 Å². The van der Waals surface area contributed by atoms with Gasteiger partial charge in [-0.2, -0.15) is 0 Å². The normalized spacial score (nSPS) is 16.2. The molecule has 26 heteroatoms. The van der Waals surface area contributed by atoms with Gasteiger partial charge in [0, 0.05) is 33.6 Å². The Balaban J connectivity index is 0.00000563. The van der Waals surface area contributed by atoms with Crippen LogP contribution in [0.1, 0.15) is 160 Å². The molecule has 0 aromatic rings. The number of nitrogens with two attached hydrogens (primary N) is 2. The molecule has 10 atom stereocenters. The molecule has 0 aromatic heterocycles. The topological polar surface area (TPSA) is 395 Å². The zero-order chi connectivity index (χ0) is 61.4. The Morgan fingerprint density at radius 1 is 0.637 bits per heavy atom. The first-order chi connectivity index (χ1) is 37.6. The van der Waals surface area contributed by atoms with Crippen molar-refractivity contribution in [2.75, 3.05) is 39.8 Å². The van der Waals surface area contributed by atoms with Crippen LogP contribution in [0, 0.1) is 23.7 Å². The van der Waals surface area contributed by atoms with Crippen molar-refractivity contribution < 1.29 is 63.0 Å². The van der Waals surface area contributed by atoms with E-state index in [0.717, 1.165) is 30.6 Å². The van der Waals surface area contributed by atoms with Crippen molar-refractivity contribution in [2.45, 2.75) is 209 Å². The van der Waals surface area contributed by atoms with Gasteiger partial charge in [-0.1, -0.05) is 94.4 Å². The maximum atomic E-state index is 14.2. The van der Waals surface area contributed by atoms with Gasteiger partial charge < -0.3 is 74.0 Å². The molecule has 1 rings (SSSR count). The fourth-order valence-corrected chi connectivity index (χ4v) is 8.59. The molecule has 0 unspecified atom stereocenters. The zero-order valence-electron chi connectivity index (χ0n) is 49.8. The minimum absolute atomic E-state index is 0.0853. The smallest absolute Gasteiger partial charge is 0.306 e. The number of aliphatic carboxylic acids is 1. The first kappa shape index (κ1) is 73.4. The Morgan fingerprint density at radius 3 is 1.61 bits per heavy atom. The highest BCUT2D eigenvalue weighted by Crippen LogP contribution is 2.21. The third-order valence-corrected chi connectivity index (χ3v) is 13.9. The van der Waals surface area contributed by atoms with Gasteiger partial charge in [0.25, 0.3) is 0 Å². The van der Waals surface area contributed by atoms with E-state index < -0.39 is 126 Å². The van der Waals surface area contributed by atoms with Gasteiger partial charge in [0.1, 0.15) is 42.3 Å². The van der Waals surface area contributed by atoms with E-state index in [9.17, 15) is 57.8 Å². The molecule has 1 fully saturated rings. The van der Waals surface area contributed by atoms with Gasteiger partial charge in [-0.05, 0) is 76.5 Å². The lowest BCUT2D eigenvalue weighted by Gasteiger charge is -2.32. The van der Waals surface area contributed by atoms with Crippen molar-refractivity contribution in [3.8, 4) is 0 Å². The summed E-state index contributed by atoms with van der Waals surface area (Å²) in [5, 5.41) is 40.5. The highest BCUT2D eigenvalue weighted by molar-refractivity contribution is 5.98. The summed E-state index contributed by atoms with van der Waals surface area (Å²) in [5.74, 6) is -8.69. The van der Waals surface area contributed by atoms with Crippen LogP contribution in [-0.4, -0.2) is 179 Å². The summed E-state index contributed by atoms with van der Waals surface area (Å²) in [6.07, 6.45) is 4.81. The number of amides is 10. The third-order valence-electron chi connectivity index (χ3n) is 13.9. The monoisotopic (exact) mass is 1140 g/mol. The van der Waals surface area contributed by atoms with Crippen LogP contribution in [0.5, 0.6) is 0 Å². The van der Waals surface area contributed by atoms with Crippen LogP contribution in [0.2, 0.25) is 0 Å². The van der Waals surface area contributed by atoms with Crippen LogP contribution in [0.15, 0.2) is 4.99 Å². The fraction of sp³-hybridized carbons (Fsp3) is 0.778. The van der Waals surface area contributed by atoms with Crippen molar-refractivity contribution >= 4 is 71.0 Å². The first-order valence-electron chi connectivity index (χ1n) is 28.4. The quantitative estimate of drug-likeness (QED) is 0.0224. The predicted molar refractivity (Wildman–Crippen MR) is 303 cm³/mol. The Hall–Kier alpha value is -6.60. The number of carbonyl (C=O) groups is 11. The lowest BCUT2D eigenvalue weighted by molar-refractivity contribution is -0.142. The summed E-state index contributed by atoms with van der Waals surface area (Å²) in [6.45, 7) is 20.5. The van der Waals surface area contributed by atoms with E-state index in [0.29, 0.717) is 51.6 Å². The molecule has 1 aliphatic heterocycles. The molecule has 80 heavy (non-hydrogen) atoms. The van der Waals surface area contributed by atoms with Crippen LogP contribution < -0.4 is 54.0 Å². The van der Waals surface area contributed by atoms with Crippen LogP contribution in [0.3, 0.4) is 0 Å². The number of aliphatic hydroxyl groups is 1. The number of likely N-dealkylation sites (N-methyl/N-ethyl adjacent to an activating group) is 2. The Bertz CT molecular complexity index is 2050. The summed E-state index contributed by atoms with van der Waals surface area (Å²) >= 11 is 0. The Kier molecular flexibility index (Phi) is 35.7. The summed E-state index contributed by atoms with van der Waals surface area (Å²) in [6, 6.07) is -8.31. The van der Waals surface area contributed by atoms with Gasteiger partial charge in [-0.25, -0.2) is 0 Å². The molecule has 0 bridgehead atoms. The molecule has 458 valence electrons. The number of carbonyl (C=O) groups excluding carboxylic acids is 10. The number of carboxylic acids is 1. The minimum atomic E-state index is -1.62. The number of likely N-dealkylation sites (tertiary alicyclic amines) is 1. The first-order valence-corrected chi connectivity index (χ1v) is 28.4. The number of rotatable bonds is 35. The van der Waals surface area contributed by atoms with E-state index in [4.69, 9.17) is 16.6 Å². The molecule has 10 amide bonds. The highest BCUT2D eigenvalue weighted by Gasteiger charge is 2.40. The molecule has 0 radical (unpaired) electrons. The maximum Gasteiger partial charge on any atom is 0.306 e. The van der Waals surface area contributed by atoms with Crippen molar-refractivity contribution in [2.24, 2.45) is 40.1 Å². The van der Waals surface area contributed by atoms with Crippen molar-refractivity contribution in [3.63, 3.8) is 0 Å². The summed E-state index contributed by atoms with van der Waals surface area (Å²) < 4.78 is 0. The zero-order valence-corrected chi connectivity index (χ0v) is 49.8. The number of hydrogen-bond donors (Lipinski definition) is 12. The molecule has 0 aromatic carbocycles. The third kappa shape index (κ3) is 26.6. The van der Waals surface area contributed by atoms with Gasteiger partial charge in [0.05, 0.1) is 25.1 Å². The lowest BCUT2D eigenvalue weighted by atomic mass is 9.95. The fourth-order valence-electron chi connectivity index (χ4n) is 8.59. The Morgan fingerprint density at radius 2 is 1.14 bits per heavy atom. The lowest BCUT2D eigenvalue weighted by Crippen LogP contribution is -2.63. The summed E-state index contributed by atoms with van der Waals surface area (Å²) in [5.41, 5.74) is 11.0.